The smallest absolute Gasteiger partial charge is 0.462 e. The van der Waals surface area contributed by atoms with Crippen molar-refractivity contribution in [1.29, 1.82) is 0 Å². The molecular weight excluding hydrogens is 467 g/mol. The van der Waals surface area contributed by atoms with Gasteiger partial charge in [0.1, 0.15) is 29.3 Å². The first-order chi connectivity index (χ1) is 17.4. The monoisotopic (exact) mass is 506 g/mol. The van der Waals surface area contributed by atoms with Crippen LogP contribution in [0.1, 0.15) is 75.9 Å². The number of rotatable bonds is 7. The molecule has 0 aromatic heterocycles. The summed E-state index contributed by atoms with van der Waals surface area (Å²) in [7, 11) is 1.17. The second-order valence-corrected chi connectivity index (χ2v) is 12.5. The minimum absolute atomic E-state index is 0.0964. The lowest BCUT2D eigenvalue weighted by molar-refractivity contribution is -0.199. The lowest BCUT2D eigenvalue weighted by atomic mass is 9.43. The van der Waals surface area contributed by atoms with Crippen LogP contribution in [-0.4, -0.2) is 37.5 Å². The zero-order valence-corrected chi connectivity index (χ0v) is 23.1. The van der Waals surface area contributed by atoms with E-state index in [-0.39, 0.29) is 22.7 Å². The van der Waals surface area contributed by atoms with Crippen LogP contribution in [0.25, 0.3) is 0 Å². The molecule has 0 amide bonds. The van der Waals surface area contributed by atoms with Gasteiger partial charge in [0.2, 0.25) is 0 Å². The summed E-state index contributed by atoms with van der Waals surface area (Å²) in [5.74, 6) is 1.56. The predicted molar refractivity (Wildman–Crippen MR) is 143 cm³/mol. The Kier molecular flexibility index (Phi) is 6.60. The molecule has 0 N–H and O–H groups in total. The van der Waals surface area contributed by atoms with Gasteiger partial charge in [-0.25, -0.2) is 4.79 Å². The fourth-order valence-corrected chi connectivity index (χ4v) is 6.60. The van der Waals surface area contributed by atoms with E-state index in [1.165, 1.54) is 6.42 Å². The van der Waals surface area contributed by atoms with E-state index in [1.807, 2.05) is 63.2 Å². The van der Waals surface area contributed by atoms with E-state index in [2.05, 4.69) is 20.8 Å². The summed E-state index contributed by atoms with van der Waals surface area (Å²) in [5.41, 5.74) is 1.45. The minimum Gasteiger partial charge on any atom is -0.495 e. The van der Waals surface area contributed by atoms with Gasteiger partial charge in [0, 0.05) is 6.32 Å². The predicted octanol–water partition coefficient (Wildman–Crippen LogP) is 6.04. The molecule has 0 radical (unpaired) electrons. The SMILES string of the molecule is COc1c(CB2OC3C[C@@H]4CC(C4(C)C)[C@]3(C)O2)ccc(OCc2ccccc2)c1C(=O)OC(C)(C)C. The molecule has 3 aliphatic carbocycles. The minimum atomic E-state index is -0.662. The molecule has 1 heterocycles. The van der Waals surface area contributed by atoms with Gasteiger partial charge in [-0.3, -0.25) is 0 Å². The highest BCUT2D eigenvalue weighted by Gasteiger charge is 2.67. The summed E-state index contributed by atoms with van der Waals surface area (Å²) < 4.78 is 30.8. The van der Waals surface area contributed by atoms with Crippen molar-refractivity contribution in [1.82, 2.24) is 0 Å². The van der Waals surface area contributed by atoms with Crippen molar-refractivity contribution in [2.45, 2.75) is 84.6 Å². The Morgan fingerprint density at radius 1 is 1.08 bits per heavy atom. The summed E-state index contributed by atoms with van der Waals surface area (Å²) in [6.07, 6.45) is 2.81. The zero-order chi connectivity index (χ0) is 26.6. The van der Waals surface area contributed by atoms with E-state index in [9.17, 15) is 4.79 Å². The maximum Gasteiger partial charge on any atom is 0.462 e. The first-order valence-corrected chi connectivity index (χ1v) is 13.4. The average Bonchev–Trinajstić information content (AvgIpc) is 3.17. The van der Waals surface area contributed by atoms with Gasteiger partial charge in [0.15, 0.2) is 0 Å². The normalized spacial score (nSPS) is 27.8. The summed E-state index contributed by atoms with van der Waals surface area (Å²) >= 11 is 0. The molecule has 6 rings (SSSR count). The Balaban J connectivity index is 1.42. The molecule has 4 atom stereocenters. The molecule has 37 heavy (non-hydrogen) atoms. The highest BCUT2D eigenvalue weighted by Crippen LogP contribution is 2.65. The van der Waals surface area contributed by atoms with E-state index in [0.717, 1.165) is 17.5 Å². The molecule has 7 heteroatoms. The second kappa shape index (κ2) is 9.35. The molecule has 6 nitrogen and oxygen atoms in total. The summed E-state index contributed by atoms with van der Waals surface area (Å²) in [6.45, 7) is 12.8. The van der Waals surface area contributed by atoms with Gasteiger partial charge >= 0.3 is 13.1 Å². The molecule has 3 saturated carbocycles. The first-order valence-electron chi connectivity index (χ1n) is 13.4. The van der Waals surface area contributed by atoms with Gasteiger partial charge < -0.3 is 23.5 Å². The molecule has 2 bridgehead atoms. The van der Waals surface area contributed by atoms with Crippen molar-refractivity contribution >= 4 is 13.1 Å². The lowest BCUT2D eigenvalue weighted by Crippen LogP contribution is -2.65. The molecule has 1 aliphatic heterocycles. The highest BCUT2D eigenvalue weighted by molar-refractivity contribution is 6.45. The van der Waals surface area contributed by atoms with Gasteiger partial charge in [-0.15, -0.1) is 0 Å². The molecule has 1 saturated heterocycles. The van der Waals surface area contributed by atoms with Crippen LogP contribution in [0.3, 0.4) is 0 Å². The first kappa shape index (κ1) is 26.1. The summed E-state index contributed by atoms with van der Waals surface area (Å²) in [6, 6.07) is 13.6. The van der Waals surface area contributed by atoms with Crippen LogP contribution in [0.2, 0.25) is 0 Å². The molecule has 198 valence electrons. The van der Waals surface area contributed by atoms with Crippen molar-refractivity contribution < 1.29 is 28.3 Å². The van der Waals surface area contributed by atoms with E-state index >= 15 is 0 Å². The molecule has 4 fully saturated rings. The number of carbonyl (C=O) groups is 1. The third-order valence-electron chi connectivity index (χ3n) is 8.63. The van der Waals surface area contributed by atoms with E-state index in [1.54, 1.807) is 7.11 Å². The van der Waals surface area contributed by atoms with Gasteiger partial charge in [-0.05, 0) is 75.0 Å². The Bertz CT molecular complexity index is 1160. The number of methoxy groups -OCH3 is 1. The van der Waals surface area contributed by atoms with E-state index < -0.39 is 18.7 Å². The van der Waals surface area contributed by atoms with E-state index in [0.29, 0.717) is 36.3 Å². The maximum atomic E-state index is 13.4. The van der Waals surface area contributed by atoms with Crippen molar-refractivity contribution in [2.75, 3.05) is 7.11 Å². The topological polar surface area (TPSA) is 63.2 Å². The van der Waals surface area contributed by atoms with Crippen molar-refractivity contribution in [2.24, 2.45) is 17.3 Å². The number of carbonyl (C=O) groups excluding carboxylic acids is 1. The van der Waals surface area contributed by atoms with Gasteiger partial charge in [-0.2, -0.15) is 0 Å². The van der Waals surface area contributed by atoms with Gasteiger partial charge in [-0.1, -0.05) is 50.2 Å². The van der Waals surface area contributed by atoms with Gasteiger partial charge in [0.05, 0.1) is 18.8 Å². The Morgan fingerprint density at radius 2 is 1.81 bits per heavy atom. The summed E-state index contributed by atoms with van der Waals surface area (Å²) in [5, 5.41) is 0. The molecule has 2 aromatic carbocycles. The average molecular weight is 506 g/mol. The molecule has 4 aliphatic rings. The quantitative estimate of drug-likeness (QED) is 0.337. The largest absolute Gasteiger partial charge is 0.495 e. The van der Waals surface area contributed by atoms with Gasteiger partial charge in [0.25, 0.3) is 0 Å². The number of esters is 1. The third kappa shape index (κ3) is 4.77. The molecule has 2 aromatic rings. The Morgan fingerprint density at radius 3 is 2.46 bits per heavy atom. The molecule has 2 unspecified atom stereocenters. The van der Waals surface area contributed by atoms with Crippen LogP contribution in [0, 0.1) is 17.3 Å². The second-order valence-electron chi connectivity index (χ2n) is 12.5. The van der Waals surface area contributed by atoms with Crippen molar-refractivity contribution in [3.63, 3.8) is 0 Å². The number of ether oxygens (including phenoxy) is 3. The van der Waals surface area contributed by atoms with Crippen LogP contribution in [0.4, 0.5) is 0 Å². The van der Waals surface area contributed by atoms with E-state index in [4.69, 9.17) is 23.5 Å². The highest BCUT2D eigenvalue weighted by atomic mass is 16.7. The summed E-state index contributed by atoms with van der Waals surface area (Å²) in [4.78, 5) is 13.4. The van der Waals surface area contributed by atoms with Crippen LogP contribution in [0.15, 0.2) is 42.5 Å². The van der Waals surface area contributed by atoms with Crippen LogP contribution in [-0.2, 0) is 27.0 Å². The maximum absolute atomic E-state index is 13.4. The van der Waals surface area contributed by atoms with Crippen molar-refractivity contribution in [3.05, 3.63) is 59.2 Å². The number of hydrogen-bond donors (Lipinski definition) is 0. The molecular formula is C30H39BO6. The fourth-order valence-electron chi connectivity index (χ4n) is 6.60. The Labute approximate surface area is 221 Å². The third-order valence-corrected chi connectivity index (χ3v) is 8.63. The van der Waals surface area contributed by atoms with Crippen LogP contribution in [0.5, 0.6) is 11.5 Å². The van der Waals surface area contributed by atoms with Crippen LogP contribution >= 0.6 is 0 Å². The number of benzene rings is 2. The fraction of sp³-hybridized carbons (Fsp3) is 0.567. The standard InChI is InChI=1S/C30H39BO6/c1-28(2,3)35-27(32)25-22(34-18-19-11-9-8-10-12-19)14-13-20(26(25)33-7)17-31-36-24-16-21-15-23(29(21,4)5)30(24,6)37-31/h8-14,21,23-24H,15-18H2,1-7H3/t21-,23?,24?,30-/m0/s1. The van der Waals surface area contributed by atoms with Crippen molar-refractivity contribution in [3.8, 4) is 11.5 Å². The lowest BCUT2D eigenvalue weighted by Gasteiger charge is -2.64. The van der Waals surface area contributed by atoms with Crippen LogP contribution < -0.4 is 9.47 Å². The molecule has 0 spiro atoms. The Hall–Kier alpha value is -2.51. The number of hydrogen-bond acceptors (Lipinski definition) is 6. The zero-order valence-electron chi connectivity index (χ0n) is 23.1.